The van der Waals surface area contributed by atoms with Crippen LogP contribution in [0, 0.1) is 5.82 Å². The first-order valence-corrected chi connectivity index (χ1v) is 9.77. The van der Waals surface area contributed by atoms with Crippen LogP contribution in [0.15, 0.2) is 42.5 Å². The Morgan fingerprint density at radius 3 is 2.55 bits per heavy atom. The van der Waals surface area contributed by atoms with Crippen molar-refractivity contribution in [2.75, 3.05) is 25.1 Å². The summed E-state index contributed by atoms with van der Waals surface area (Å²) in [6.07, 6.45) is 1.50. The van der Waals surface area contributed by atoms with E-state index in [-0.39, 0.29) is 29.3 Å². The van der Waals surface area contributed by atoms with Crippen molar-refractivity contribution >= 4 is 29.4 Å². The Morgan fingerprint density at radius 2 is 1.84 bits per heavy atom. The summed E-state index contributed by atoms with van der Waals surface area (Å²) >= 11 is 0. The molecule has 0 aromatic heterocycles. The summed E-state index contributed by atoms with van der Waals surface area (Å²) in [5.41, 5.74) is 0.741. The quantitative estimate of drug-likeness (QED) is 0.562. The third kappa shape index (κ3) is 4.46. The molecule has 2 aromatic carbocycles. The van der Waals surface area contributed by atoms with Gasteiger partial charge in [0.05, 0.1) is 29.3 Å². The molecule has 1 saturated heterocycles. The second-order valence-electron chi connectivity index (χ2n) is 7.25. The van der Waals surface area contributed by atoms with Crippen molar-refractivity contribution in [1.82, 2.24) is 4.90 Å². The Bertz CT molecular complexity index is 1050. The van der Waals surface area contributed by atoms with Crippen LogP contribution in [-0.2, 0) is 14.3 Å². The van der Waals surface area contributed by atoms with E-state index in [9.17, 15) is 23.6 Å². The van der Waals surface area contributed by atoms with Crippen molar-refractivity contribution in [3.63, 3.8) is 0 Å². The number of esters is 1. The van der Waals surface area contributed by atoms with E-state index in [0.717, 1.165) is 17.7 Å². The smallest absolute Gasteiger partial charge is 0.338 e. The van der Waals surface area contributed by atoms with Crippen molar-refractivity contribution in [3.05, 3.63) is 65.0 Å². The van der Waals surface area contributed by atoms with Gasteiger partial charge in [-0.25, -0.2) is 9.18 Å². The first kappa shape index (κ1) is 20.7. The predicted octanol–water partition coefficient (Wildman–Crippen LogP) is 2.40. The van der Waals surface area contributed by atoms with Gasteiger partial charge in [-0.1, -0.05) is 0 Å². The Morgan fingerprint density at radius 1 is 1.10 bits per heavy atom. The number of carbonyl (C=O) groups is 4. The van der Waals surface area contributed by atoms with Gasteiger partial charge in [0, 0.05) is 12.3 Å². The minimum atomic E-state index is -0.810. The Hall–Kier alpha value is -3.59. The van der Waals surface area contributed by atoms with Gasteiger partial charge in [-0.15, -0.1) is 0 Å². The van der Waals surface area contributed by atoms with E-state index in [4.69, 9.17) is 9.47 Å². The van der Waals surface area contributed by atoms with E-state index in [1.165, 1.54) is 42.5 Å². The molecular formula is C22H19FN2O6. The summed E-state index contributed by atoms with van der Waals surface area (Å²) < 4.78 is 23.4. The Labute approximate surface area is 176 Å². The number of hydrogen-bond donors (Lipinski definition) is 1. The number of ether oxygens (including phenoxy) is 2. The molecule has 2 aromatic rings. The molecule has 2 aliphatic rings. The number of anilines is 1. The molecule has 2 aliphatic heterocycles. The summed E-state index contributed by atoms with van der Waals surface area (Å²) in [5.74, 6) is -2.76. The number of hydrogen-bond acceptors (Lipinski definition) is 6. The molecule has 0 bridgehead atoms. The van der Waals surface area contributed by atoms with E-state index in [1.807, 2.05) is 0 Å². The number of rotatable bonds is 6. The highest BCUT2D eigenvalue weighted by atomic mass is 19.1. The van der Waals surface area contributed by atoms with Crippen LogP contribution in [0.5, 0.6) is 0 Å². The molecule has 0 saturated carbocycles. The minimum absolute atomic E-state index is 0.0495. The molecule has 0 aliphatic carbocycles. The molecule has 9 heteroatoms. The largest absolute Gasteiger partial charge is 0.452 e. The van der Waals surface area contributed by atoms with Gasteiger partial charge < -0.3 is 14.8 Å². The number of amides is 3. The Kier molecular flexibility index (Phi) is 5.77. The van der Waals surface area contributed by atoms with E-state index in [1.54, 1.807) is 0 Å². The second-order valence-corrected chi connectivity index (χ2v) is 7.25. The fourth-order valence-corrected chi connectivity index (χ4v) is 3.52. The highest BCUT2D eigenvalue weighted by Crippen LogP contribution is 2.26. The second kappa shape index (κ2) is 8.65. The van der Waals surface area contributed by atoms with Crippen molar-refractivity contribution in [3.8, 4) is 0 Å². The maximum absolute atomic E-state index is 12.9. The summed E-state index contributed by atoms with van der Waals surface area (Å²) in [6, 6.07) is 9.20. The van der Waals surface area contributed by atoms with Crippen LogP contribution >= 0.6 is 0 Å². The zero-order valence-electron chi connectivity index (χ0n) is 16.4. The number of carbonyl (C=O) groups excluding carboxylic acids is 4. The van der Waals surface area contributed by atoms with E-state index >= 15 is 0 Å². The van der Waals surface area contributed by atoms with Crippen molar-refractivity contribution in [2.45, 2.75) is 18.9 Å². The van der Waals surface area contributed by atoms with Gasteiger partial charge in [0.15, 0.2) is 6.61 Å². The van der Waals surface area contributed by atoms with Crippen LogP contribution in [0.25, 0.3) is 0 Å². The lowest BCUT2D eigenvalue weighted by atomic mass is 10.1. The number of halogens is 1. The summed E-state index contributed by atoms with van der Waals surface area (Å²) in [5, 5.41) is 2.47. The molecular weight excluding hydrogens is 407 g/mol. The van der Waals surface area contributed by atoms with Crippen LogP contribution in [0.4, 0.5) is 10.1 Å². The van der Waals surface area contributed by atoms with Crippen LogP contribution in [-0.4, -0.2) is 54.5 Å². The maximum Gasteiger partial charge on any atom is 0.338 e. The molecule has 4 rings (SSSR count). The fraction of sp³-hybridized carbons (Fsp3) is 0.273. The van der Waals surface area contributed by atoms with E-state index in [0.29, 0.717) is 12.3 Å². The Balaban J connectivity index is 1.37. The lowest BCUT2D eigenvalue weighted by Crippen LogP contribution is -2.36. The van der Waals surface area contributed by atoms with Gasteiger partial charge in [0.25, 0.3) is 17.7 Å². The van der Waals surface area contributed by atoms with Gasteiger partial charge in [0.2, 0.25) is 0 Å². The van der Waals surface area contributed by atoms with Crippen LogP contribution in [0.1, 0.15) is 43.9 Å². The number of nitrogens with one attached hydrogen (secondary N) is 1. The normalized spacial score (nSPS) is 17.6. The number of imide groups is 1. The molecule has 0 radical (unpaired) electrons. The van der Waals surface area contributed by atoms with Crippen molar-refractivity contribution in [2.24, 2.45) is 0 Å². The average molecular weight is 426 g/mol. The zero-order valence-corrected chi connectivity index (χ0v) is 16.4. The summed E-state index contributed by atoms with van der Waals surface area (Å²) in [4.78, 5) is 50.6. The maximum atomic E-state index is 12.9. The topological polar surface area (TPSA) is 102 Å². The highest BCUT2D eigenvalue weighted by Gasteiger charge is 2.38. The molecule has 8 nitrogen and oxygen atoms in total. The fourth-order valence-electron chi connectivity index (χ4n) is 3.52. The van der Waals surface area contributed by atoms with Gasteiger partial charge in [-0.3, -0.25) is 19.3 Å². The standard InChI is InChI=1S/C22H19FN2O6/c23-14-4-6-15(7-5-14)24-19(26)12-31-22(29)13-3-8-17-18(10-13)21(28)25(20(17)27)11-16-2-1-9-30-16/h3-8,10,16H,1-2,9,11-12H2,(H,24,26)/t16-/m0/s1. The molecule has 3 amide bonds. The highest BCUT2D eigenvalue weighted by molar-refractivity contribution is 6.22. The SMILES string of the molecule is O=C(COC(=O)c1ccc2c(c1)C(=O)N(C[C@@H]1CCCO1)C2=O)Nc1ccc(F)cc1. The molecule has 1 N–H and O–H groups in total. The van der Waals surface area contributed by atoms with Gasteiger partial charge in [0.1, 0.15) is 5.82 Å². The van der Waals surface area contributed by atoms with E-state index in [2.05, 4.69) is 5.32 Å². The third-order valence-corrected chi connectivity index (χ3v) is 5.08. The predicted molar refractivity (Wildman–Crippen MR) is 106 cm³/mol. The van der Waals surface area contributed by atoms with Crippen LogP contribution in [0.3, 0.4) is 0 Å². The lowest BCUT2D eigenvalue weighted by molar-refractivity contribution is -0.119. The van der Waals surface area contributed by atoms with Crippen molar-refractivity contribution < 1.29 is 33.0 Å². The molecule has 0 spiro atoms. The van der Waals surface area contributed by atoms with Gasteiger partial charge in [-0.2, -0.15) is 0 Å². The lowest BCUT2D eigenvalue weighted by Gasteiger charge is -2.17. The minimum Gasteiger partial charge on any atom is -0.452 e. The summed E-state index contributed by atoms with van der Waals surface area (Å²) in [6.45, 7) is 0.222. The van der Waals surface area contributed by atoms with E-state index < -0.39 is 36.1 Å². The molecule has 0 unspecified atom stereocenters. The number of benzene rings is 2. The first-order chi connectivity index (χ1) is 14.9. The molecule has 160 valence electrons. The zero-order chi connectivity index (χ0) is 22.0. The molecule has 1 atom stereocenters. The van der Waals surface area contributed by atoms with Crippen molar-refractivity contribution in [1.29, 1.82) is 0 Å². The van der Waals surface area contributed by atoms with Crippen LogP contribution < -0.4 is 5.32 Å². The average Bonchev–Trinajstić information content (AvgIpc) is 3.36. The molecule has 31 heavy (non-hydrogen) atoms. The van der Waals surface area contributed by atoms with Crippen LogP contribution in [0.2, 0.25) is 0 Å². The first-order valence-electron chi connectivity index (χ1n) is 9.77. The van der Waals surface area contributed by atoms with Gasteiger partial charge in [-0.05, 0) is 55.3 Å². The van der Waals surface area contributed by atoms with Gasteiger partial charge >= 0.3 is 5.97 Å². The number of fused-ring (bicyclic) bond motifs is 1. The summed E-state index contributed by atoms with van der Waals surface area (Å²) in [7, 11) is 0. The number of nitrogens with zero attached hydrogens (tertiary/aromatic N) is 1. The third-order valence-electron chi connectivity index (χ3n) is 5.08. The molecule has 2 heterocycles. The molecule has 1 fully saturated rings. The monoisotopic (exact) mass is 426 g/mol.